The van der Waals surface area contributed by atoms with Crippen molar-refractivity contribution in [2.45, 2.75) is 50.0 Å². The van der Waals surface area contributed by atoms with Crippen molar-refractivity contribution < 1.29 is 13.2 Å². The van der Waals surface area contributed by atoms with E-state index in [4.69, 9.17) is 21.3 Å². The van der Waals surface area contributed by atoms with Crippen LogP contribution in [-0.2, 0) is 10.0 Å². The summed E-state index contributed by atoms with van der Waals surface area (Å²) in [5.74, 6) is 0.276. The Morgan fingerprint density at radius 2 is 1.81 bits per heavy atom. The van der Waals surface area contributed by atoms with Crippen molar-refractivity contribution in [1.82, 2.24) is 4.98 Å². The number of methoxy groups -OCH3 is 1. The van der Waals surface area contributed by atoms with Crippen LogP contribution in [0.15, 0.2) is 47.4 Å². The minimum absolute atomic E-state index is 0.0713. The van der Waals surface area contributed by atoms with Crippen molar-refractivity contribution >= 4 is 43.8 Å². The Balaban J connectivity index is 1.63. The van der Waals surface area contributed by atoms with Gasteiger partial charge >= 0.3 is 0 Å². The molecule has 0 spiro atoms. The number of benzene rings is 2. The second-order valence-electron chi connectivity index (χ2n) is 7.89. The van der Waals surface area contributed by atoms with Gasteiger partial charge in [-0.05, 0) is 67.8 Å². The molecule has 2 aromatic carbocycles. The van der Waals surface area contributed by atoms with E-state index < -0.39 is 10.0 Å². The third-order valence-electron chi connectivity index (χ3n) is 5.54. The fraction of sp³-hybridized carbons (Fsp3) is 0.348. The number of anilines is 2. The fourth-order valence-electron chi connectivity index (χ4n) is 3.90. The SMILES string of the molecule is COc1ccc(-c2sc(NC3CCCCC3)nc2C)cc1S(=O)(=O)Nc1ccc(Cl)cc1. The lowest BCUT2D eigenvalue weighted by atomic mass is 9.96. The number of aryl methyl sites for hydroxylation is 1. The molecule has 32 heavy (non-hydrogen) atoms. The molecular formula is C23H26ClN3O3S2. The maximum atomic E-state index is 13.2. The summed E-state index contributed by atoms with van der Waals surface area (Å²) >= 11 is 7.46. The van der Waals surface area contributed by atoms with Gasteiger partial charge in [-0.3, -0.25) is 4.72 Å². The zero-order chi connectivity index (χ0) is 22.7. The van der Waals surface area contributed by atoms with E-state index in [0.717, 1.165) is 34.1 Å². The summed E-state index contributed by atoms with van der Waals surface area (Å²) < 4.78 is 34.3. The highest BCUT2D eigenvalue weighted by atomic mass is 35.5. The van der Waals surface area contributed by atoms with Crippen LogP contribution >= 0.6 is 22.9 Å². The van der Waals surface area contributed by atoms with Crippen LogP contribution in [0.4, 0.5) is 10.8 Å². The Hall–Kier alpha value is -2.29. The van der Waals surface area contributed by atoms with Crippen molar-refractivity contribution in [3.8, 4) is 16.2 Å². The van der Waals surface area contributed by atoms with Gasteiger partial charge in [0.1, 0.15) is 10.6 Å². The molecule has 2 N–H and O–H groups in total. The summed E-state index contributed by atoms with van der Waals surface area (Å²) in [4.78, 5) is 5.70. The quantitative estimate of drug-likeness (QED) is 0.404. The molecule has 1 aliphatic carbocycles. The Bertz CT molecular complexity index is 1190. The molecular weight excluding hydrogens is 466 g/mol. The van der Waals surface area contributed by atoms with E-state index in [9.17, 15) is 8.42 Å². The Labute approximate surface area is 198 Å². The van der Waals surface area contributed by atoms with Crippen LogP contribution in [0.2, 0.25) is 5.02 Å². The molecule has 0 atom stereocenters. The average molecular weight is 492 g/mol. The number of rotatable bonds is 7. The summed E-state index contributed by atoms with van der Waals surface area (Å²) in [6.07, 6.45) is 6.11. The van der Waals surface area contributed by atoms with Gasteiger partial charge in [0.15, 0.2) is 5.13 Å². The molecule has 4 rings (SSSR count). The van der Waals surface area contributed by atoms with Gasteiger partial charge in [-0.1, -0.05) is 42.2 Å². The third kappa shape index (κ3) is 5.19. The number of aromatic nitrogens is 1. The van der Waals surface area contributed by atoms with Gasteiger partial charge in [-0.25, -0.2) is 13.4 Å². The number of nitrogens with one attached hydrogen (secondary N) is 2. The summed E-state index contributed by atoms with van der Waals surface area (Å²) in [6, 6.07) is 12.1. The van der Waals surface area contributed by atoms with Gasteiger partial charge in [0.25, 0.3) is 10.0 Å². The number of thiazole rings is 1. The second kappa shape index (κ2) is 9.68. The van der Waals surface area contributed by atoms with E-state index in [0.29, 0.717) is 16.8 Å². The van der Waals surface area contributed by atoms with Crippen LogP contribution in [0.3, 0.4) is 0 Å². The second-order valence-corrected chi connectivity index (χ2v) is 11.0. The molecule has 0 radical (unpaired) electrons. The predicted molar refractivity (Wildman–Crippen MR) is 132 cm³/mol. The zero-order valence-electron chi connectivity index (χ0n) is 18.0. The summed E-state index contributed by atoms with van der Waals surface area (Å²) in [6.45, 7) is 1.95. The van der Waals surface area contributed by atoms with Crippen LogP contribution in [0.1, 0.15) is 37.8 Å². The molecule has 1 saturated carbocycles. The molecule has 1 heterocycles. The standard InChI is InChI=1S/C23H26ClN3O3S2/c1-15-22(31-23(25-15)26-18-6-4-3-5-7-18)16-8-13-20(30-2)21(14-16)32(28,29)27-19-11-9-17(24)10-12-19/h8-14,18,27H,3-7H2,1-2H3,(H,25,26). The lowest BCUT2D eigenvalue weighted by Crippen LogP contribution is -2.21. The largest absolute Gasteiger partial charge is 0.495 e. The first-order valence-corrected chi connectivity index (χ1v) is 13.2. The molecule has 6 nitrogen and oxygen atoms in total. The van der Waals surface area contributed by atoms with Gasteiger partial charge in [0.2, 0.25) is 0 Å². The smallest absolute Gasteiger partial charge is 0.265 e. The maximum Gasteiger partial charge on any atom is 0.265 e. The first-order chi connectivity index (χ1) is 15.4. The molecule has 1 aromatic heterocycles. The summed E-state index contributed by atoms with van der Waals surface area (Å²) in [5, 5.41) is 4.97. The number of halogens is 1. The molecule has 0 aliphatic heterocycles. The molecule has 9 heteroatoms. The zero-order valence-corrected chi connectivity index (χ0v) is 20.4. The van der Waals surface area contributed by atoms with Crippen LogP contribution in [-0.4, -0.2) is 26.6 Å². The molecule has 0 saturated heterocycles. The van der Waals surface area contributed by atoms with E-state index >= 15 is 0 Å². The van der Waals surface area contributed by atoms with E-state index in [-0.39, 0.29) is 10.6 Å². The van der Waals surface area contributed by atoms with E-state index in [1.165, 1.54) is 26.4 Å². The molecule has 170 valence electrons. The van der Waals surface area contributed by atoms with Crippen LogP contribution in [0, 0.1) is 6.92 Å². The normalized spacial score (nSPS) is 14.8. The van der Waals surface area contributed by atoms with Gasteiger partial charge in [0, 0.05) is 16.8 Å². The topological polar surface area (TPSA) is 80.3 Å². The van der Waals surface area contributed by atoms with Gasteiger partial charge in [0.05, 0.1) is 17.7 Å². The monoisotopic (exact) mass is 491 g/mol. The highest BCUT2D eigenvalue weighted by molar-refractivity contribution is 7.92. The minimum Gasteiger partial charge on any atom is -0.495 e. The minimum atomic E-state index is -3.88. The molecule has 1 aliphatic rings. The fourth-order valence-corrected chi connectivity index (χ4v) is 6.32. The van der Waals surface area contributed by atoms with Crippen molar-refractivity contribution in [1.29, 1.82) is 0 Å². The number of ether oxygens (including phenoxy) is 1. The van der Waals surface area contributed by atoms with Crippen molar-refractivity contribution in [2.75, 3.05) is 17.1 Å². The van der Waals surface area contributed by atoms with Gasteiger partial charge in [-0.2, -0.15) is 0 Å². The summed E-state index contributed by atoms with van der Waals surface area (Å²) in [7, 11) is -2.42. The Morgan fingerprint density at radius 3 is 2.50 bits per heavy atom. The van der Waals surface area contributed by atoms with Crippen LogP contribution < -0.4 is 14.8 Å². The lowest BCUT2D eigenvalue weighted by Gasteiger charge is -2.22. The van der Waals surface area contributed by atoms with E-state index in [1.807, 2.05) is 13.0 Å². The van der Waals surface area contributed by atoms with Crippen LogP contribution in [0.5, 0.6) is 5.75 Å². The van der Waals surface area contributed by atoms with E-state index in [1.54, 1.807) is 47.7 Å². The maximum absolute atomic E-state index is 13.2. The average Bonchev–Trinajstić information content (AvgIpc) is 3.15. The van der Waals surface area contributed by atoms with Crippen molar-refractivity contribution in [3.63, 3.8) is 0 Å². The first-order valence-electron chi connectivity index (χ1n) is 10.6. The lowest BCUT2D eigenvalue weighted by molar-refractivity contribution is 0.403. The first kappa shape index (κ1) is 22.9. The number of nitrogens with zero attached hydrogens (tertiary/aromatic N) is 1. The number of sulfonamides is 1. The number of hydrogen-bond acceptors (Lipinski definition) is 6. The summed E-state index contributed by atoms with van der Waals surface area (Å²) in [5.41, 5.74) is 2.08. The highest BCUT2D eigenvalue weighted by Crippen LogP contribution is 2.37. The number of hydrogen-bond donors (Lipinski definition) is 2. The van der Waals surface area contributed by atoms with Gasteiger partial charge < -0.3 is 10.1 Å². The predicted octanol–water partition coefficient (Wildman–Crippen LogP) is 6.33. The Morgan fingerprint density at radius 1 is 1.09 bits per heavy atom. The molecule has 3 aromatic rings. The third-order valence-corrected chi connectivity index (χ3v) is 8.33. The Kier molecular flexibility index (Phi) is 6.93. The molecule has 0 bridgehead atoms. The molecule has 1 fully saturated rings. The van der Waals surface area contributed by atoms with Crippen LogP contribution in [0.25, 0.3) is 10.4 Å². The van der Waals surface area contributed by atoms with Gasteiger partial charge in [-0.15, -0.1) is 0 Å². The molecule has 0 amide bonds. The van der Waals surface area contributed by atoms with E-state index in [2.05, 4.69) is 10.0 Å². The molecule has 0 unspecified atom stereocenters. The van der Waals surface area contributed by atoms with Crippen molar-refractivity contribution in [3.05, 3.63) is 53.2 Å². The highest BCUT2D eigenvalue weighted by Gasteiger charge is 2.23. The van der Waals surface area contributed by atoms with Crippen molar-refractivity contribution in [2.24, 2.45) is 0 Å².